The fourth-order valence-corrected chi connectivity index (χ4v) is 4.43. The van der Waals surface area contributed by atoms with E-state index in [0.717, 1.165) is 53.0 Å². The van der Waals surface area contributed by atoms with Crippen molar-refractivity contribution < 1.29 is 4.79 Å². The summed E-state index contributed by atoms with van der Waals surface area (Å²) in [7, 11) is 0. The van der Waals surface area contributed by atoms with Gasteiger partial charge in [-0.05, 0) is 43.5 Å². The van der Waals surface area contributed by atoms with Crippen molar-refractivity contribution >= 4 is 34.4 Å². The van der Waals surface area contributed by atoms with Crippen LogP contribution in [-0.2, 0) is 4.79 Å². The van der Waals surface area contributed by atoms with Crippen LogP contribution in [-0.4, -0.2) is 33.9 Å². The fraction of sp³-hybridized carbons (Fsp3) is 0.318. The molecule has 3 N–H and O–H groups in total. The van der Waals surface area contributed by atoms with E-state index in [0.29, 0.717) is 6.54 Å². The van der Waals surface area contributed by atoms with Crippen molar-refractivity contribution in [3.63, 3.8) is 0 Å². The Kier molecular flexibility index (Phi) is 5.49. The van der Waals surface area contributed by atoms with Gasteiger partial charge in [0.05, 0.1) is 10.6 Å². The molecule has 3 heterocycles. The van der Waals surface area contributed by atoms with Gasteiger partial charge in [0.2, 0.25) is 5.91 Å². The molecule has 0 saturated carbocycles. The summed E-state index contributed by atoms with van der Waals surface area (Å²) in [5, 5.41) is 5.34. The number of thiophene rings is 1. The number of rotatable bonds is 4. The van der Waals surface area contributed by atoms with Crippen molar-refractivity contribution in [3.8, 4) is 10.6 Å². The molecular formula is C22H25N5OS. The lowest BCUT2D eigenvalue weighted by Crippen LogP contribution is -2.38. The lowest BCUT2D eigenvalue weighted by atomic mass is 9.97. The molecule has 1 atom stereocenters. The van der Waals surface area contributed by atoms with Gasteiger partial charge in [-0.1, -0.05) is 12.1 Å². The Labute approximate surface area is 174 Å². The zero-order valence-electron chi connectivity index (χ0n) is 16.7. The van der Waals surface area contributed by atoms with Crippen LogP contribution in [0.5, 0.6) is 0 Å². The molecule has 3 aromatic rings. The number of amides is 1. The second-order valence-corrected chi connectivity index (χ2v) is 8.45. The number of hydrogen-bond donors (Lipinski definition) is 2. The average molecular weight is 408 g/mol. The molecule has 2 aromatic heterocycles. The number of aromatic nitrogens is 2. The number of carbonyl (C=O) groups excluding carboxylic acids is 1. The average Bonchev–Trinajstić information content (AvgIpc) is 3.14. The predicted molar refractivity (Wildman–Crippen MR) is 118 cm³/mol. The molecule has 0 bridgehead atoms. The second-order valence-electron chi connectivity index (χ2n) is 7.54. The predicted octanol–water partition coefficient (Wildman–Crippen LogP) is 4.57. The van der Waals surface area contributed by atoms with E-state index in [4.69, 9.17) is 15.7 Å². The zero-order chi connectivity index (χ0) is 20.4. The molecule has 4 rings (SSSR count). The maximum Gasteiger partial charge on any atom is 0.219 e. The number of anilines is 3. The highest BCUT2D eigenvalue weighted by Crippen LogP contribution is 2.32. The van der Waals surface area contributed by atoms with Crippen LogP contribution in [0.15, 0.2) is 41.8 Å². The number of piperidine rings is 1. The van der Waals surface area contributed by atoms with Gasteiger partial charge in [-0.2, -0.15) is 0 Å². The lowest BCUT2D eigenvalue weighted by molar-refractivity contribution is -0.130. The van der Waals surface area contributed by atoms with E-state index in [2.05, 4.69) is 24.4 Å². The van der Waals surface area contributed by atoms with Gasteiger partial charge in [-0.15, -0.1) is 11.3 Å². The van der Waals surface area contributed by atoms with Gasteiger partial charge in [0.15, 0.2) is 0 Å². The van der Waals surface area contributed by atoms with Crippen LogP contribution in [0.25, 0.3) is 10.6 Å². The summed E-state index contributed by atoms with van der Waals surface area (Å²) < 4.78 is 0. The van der Waals surface area contributed by atoms with Crippen LogP contribution in [0.1, 0.15) is 37.1 Å². The normalized spacial score (nSPS) is 16.6. The van der Waals surface area contributed by atoms with E-state index < -0.39 is 0 Å². The van der Waals surface area contributed by atoms with Crippen molar-refractivity contribution in [2.75, 3.05) is 24.1 Å². The maximum absolute atomic E-state index is 11.9. The Balaban J connectivity index is 1.71. The van der Waals surface area contributed by atoms with Gasteiger partial charge >= 0.3 is 0 Å². The van der Waals surface area contributed by atoms with Crippen molar-refractivity contribution in [1.29, 1.82) is 0 Å². The van der Waals surface area contributed by atoms with Gasteiger partial charge in [0, 0.05) is 48.8 Å². The quantitative estimate of drug-likeness (QED) is 0.662. The standard InChI is InChI=1S/C22H25N5OS/c1-14-5-3-7-18(9-14)24-21-11-19(20-10-17(23)13-29-20)25-22(26-21)16-6-4-8-27(12-16)15(2)28/h3,5,7,9-11,13,16H,4,6,8,12,23H2,1-2H3,(H,24,25,26). The minimum atomic E-state index is 0.106. The first-order valence-corrected chi connectivity index (χ1v) is 10.7. The number of nitrogens with two attached hydrogens (primary N) is 1. The Bertz CT molecular complexity index is 1030. The number of nitrogens with zero attached hydrogens (tertiary/aromatic N) is 3. The highest BCUT2D eigenvalue weighted by Gasteiger charge is 2.26. The summed E-state index contributed by atoms with van der Waals surface area (Å²) in [6.07, 6.45) is 1.94. The summed E-state index contributed by atoms with van der Waals surface area (Å²) in [6, 6.07) is 12.1. The minimum Gasteiger partial charge on any atom is -0.398 e. The van der Waals surface area contributed by atoms with Crippen LogP contribution in [0.3, 0.4) is 0 Å². The summed E-state index contributed by atoms with van der Waals surface area (Å²) in [6.45, 7) is 5.16. The van der Waals surface area contributed by atoms with Crippen LogP contribution in [0.4, 0.5) is 17.2 Å². The van der Waals surface area contributed by atoms with E-state index in [1.807, 2.05) is 34.5 Å². The van der Waals surface area contributed by atoms with Gasteiger partial charge in [-0.25, -0.2) is 9.97 Å². The summed E-state index contributed by atoms with van der Waals surface area (Å²) >= 11 is 1.57. The molecule has 1 amide bonds. The number of aryl methyl sites for hydroxylation is 1. The van der Waals surface area contributed by atoms with Crippen LogP contribution < -0.4 is 11.1 Å². The third-order valence-corrected chi connectivity index (χ3v) is 6.11. The number of nitrogens with one attached hydrogen (secondary N) is 1. The molecule has 29 heavy (non-hydrogen) atoms. The molecule has 1 aliphatic rings. The number of nitrogen functional groups attached to an aromatic ring is 1. The number of hydrogen-bond acceptors (Lipinski definition) is 6. The van der Waals surface area contributed by atoms with E-state index in [1.165, 1.54) is 5.56 Å². The fourth-order valence-electron chi connectivity index (χ4n) is 3.67. The van der Waals surface area contributed by atoms with Crippen molar-refractivity contribution in [2.24, 2.45) is 0 Å². The maximum atomic E-state index is 11.9. The van der Waals surface area contributed by atoms with Crippen LogP contribution in [0, 0.1) is 6.92 Å². The van der Waals surface area contributed by atoms with Crippen molar-refractivity contribution in [1.82, 2.24) is 14.9 Å². The van der Waals surface area contributed by atoms with Gasteiger partial charge in [0.25, 0.3) is 0 Å². The Hall–Kier alpha value is -2.93. The molecule has 1 fully saturated rings. The molecule has 150 valence electrons. The van der Waals surface area contributed by atoms with Gasteiger partial charge < -0.3 is 16.0 Å². The molecule has 1 saturated heterocycles. The first-order valence-electron chi connectivity index (χ1n) is 9.80. The number of likely N-dealkylation sites (tertiary alicyclic amines) is 1. The van der Waals surface area contributed by atoms with E-state index >= 15 is 0 Å². The molecule has 1 unspecified atom stereocenters. The molecule has 1 aliphatic heterocycles. The minimum absolute atomic E-state index is 0.106. The SMILES string of the molecule is CC(=O)N1CCCC(c2nc(Nc3cccc(C)c3)cc(-c3cc(N)cs3)n2)C1. The van der Waals surface area contributed by atoms with E-state index in [-0.39, 0.29) is 11.8 Å². The third kappa shape index (κ3) is 4.56. The molecule has 0 radical (unpaired) electrons. The largest absolute Gasteiger partial charge is 0.398 e. The number of benzene rings is 1. The number of carbonyl (C=O) groups is 1. The summed E-state index contributed by atoms with van der Waals surface area (Å²) in [5.41, 5.74) is 9.69. The molecule has 0 spiro atoms. The smallest absolute Gasteiger partial charge is 0.219 e. The van der Waals surface area contributed by atoms with Crippen molar-refractivity contribution in [2.45, 2.75) is 32.6 Å². The topological polar surface area (TPSA) is 84.1 Å². The second kappa shape index (κ2) is 8.21. The molecule has 0 aliphatic carbocycles. The summed E-state index contributed by atoms with van der Waals surface area (Å²) in [5.74, 6) is 1.76. The van der Waals surface area contributed by atoms with E-state index in [1.54, 1.807) is 18.3 Å². The Morgan fingerprint density at radius 1 is 1.28 bits per heavy atom. The van der Waals surface area contributed by atoms with Gasteiger partial charge in [-0.3, -0.25) is 4.79 Å². The van der Waals surface area contributed by atoms with Crippen LogP contribution in [0.2, 0.25) is 0 Å². The highest BCUT2D eigenvalue weighted by atomic mass is 32.1. The Morgan fingerprint density at radius 3 is 2.86 bits per heavy atom. The first kappa shape index (κ1) is 19.4. The van der Waals surface area contributed by atoms with Gasteiger partial charge in [0.1, 0.15) is 11.6 Å². The first-order chi connectivity index (χ1) is 14.0. The molecule has 7 heteroatoms. The van der Waals surface area contributed by atoms with E-state index in [9.17, 15) is 4.79 Å². The monoisotopic (exact) mass is 407 g/mol. The molecular weight excluding hydrogens is 382 g/mol. The third-order valence-electron chi connectivity index (χ3n) is 5.14. The Morgan fingerprint density at radius 2 is 2.14 bits per heavy atom. The lowest BCUT2D eigenvalue weighted by Gasteiger charge is -2.31. The van der Waals surface area contributed by atoms with Crippen LogP contribution >= 0.6 is 11.3 Å². The summed E-state index contributed by atoms with van der Waals surface area (Å²) in [4.78, 5) is 24.4. The molecule has 1 aromatic carbocycles. The molecule has 6 nitrogen and oxygen atoms in total. The van der Waals surface area contributed by atoms with Crippen molar-refractivity contribution in [3.05, 3.63) is 53.2 Å². The highest BCUT2D eigenvalue weighted by molar-refractivity contribution is 7.14. The zero-order valence-corrected chi connectivity index (χ0v) is 17.5.